The van der Waals surface area contributed by atoms with Crippen LogP contribution in [-0.2, 0) is 22.4 Å². The summed E-state index contributed by atoms with van der Waals surface area (Å²) in [5, 5.41) is 4.33. The van der Waals surface area contributed by atoms with Gasteiger partial charge in [-0.05, 0) is 50.3 Å². The summed E-state index contributed by atoms with van der Waals surface area (Å²) in [5.74, 6) is -0.226. The van der Waals surface area contributed by atoms with Gasteiger partial charge in [-0.2, -0.15) is 0 Å². The number of nitrogens with one attached hydrogen (secondary N) is 1. The fourth-order valence-corrected chi connectivity index (χ4v) is 4.76. The van der Waals surface area contributed by atoms with E-state index < -0.39 is 0 Å². The zero-order valence-corrected chi connectivity index (χ0v) is 15.7. The van der Waals surface area contributed by atoms with Crippen LogP contribution >= 0.6 is 23.1 Å². The van der Waals surface area contributed by atoms with Crippen LogP contribution in [0.15, 0.2) is 29.4 Å². The van der Waals surface area contributed by atoms with E-state index in [0.29, 0.717) is 17.2 Å². The number of ether oxygens (including phenoxy) is 1. The SMILES string of the molecule is CCOC(=O)c1c(NC(=O)CSc2ccccn2)sc2c1CCCC2. The third-order valence-corrected chi connectivity index (χ3v) is 6.04. The zero-order valence-electron chi connectivity index (χ0n) is 14.0. The molecule has 25 heavy (non-hydrogen) atoms. The van der Waals surface area contributed by atoms with Crippen molar-refractivity contribution in [2.45, 2.75) is 37.6 Å². The van der Waals surface area contributed by atoms with Crippen LogP contribution in [-0.4, -0.2) is 29.2 Å². The van der Waals surface area contributed by atoms with Crippen molar-refractivity contribution in [3.8, 4) is 0 Å². The zero-order chi connectivity index (χ0) is 17.6. The average molecular weight is 377 g/mol. The first-order valence-corrected chi connectivity index (χ1v) is 10.1. The number of aromatic nitrogens is 1. The van der Waals surface area contributed by atoms with Crippen LogP contribution in [0.1, 0.15) is 40.6 Å². The number of rotatable bonds is 6. The number of carbonyl (C=O) groups is 2. The molecule has 3 rings (SSSR count). The predicted octanol–water partition coefficient (Wildman–Crippen LogP) is 3.93. The molecule has 0 aromatic carbocycles. The van der Waals surface area contributed by atoms with Crippen molar-refractivity contribution < 1.29 is 14.3 Å². The number of esters is 1. The van der Waals surface area contributed by atoms with Crippen molar-refractivity contribution in [2.24, 2.45) is 0 Å². The largest absolute Gasteiger partial charge is 0.462 e. The summed E-state index contributed by atoms with van der Waals surface area (Å²) in [7, 11) is 0. The number of aryl methyl sites for hydroxylation is 1. The molecule has 132 valence electrons. The fraction of sp³-hybridized carbons (Fsp3) is 0.389. The van der Waals surface area contributed by atoms with Gasteiger partial charge in [-0.1, -0.05) is 17.8 Å². The lowest BCUT2D eigenvalue weighted by Crippen LogP contribution is -2.17. The number of thioether (sulfide) groups is 1. The highest BCUT2D eigenvalue weighted by Crippen LogP contribution is 2.38. The van der Waals surface area contributed by atoms with Gasteiger partial charge in [0.05, 0.1) is 22.9 Å². The van der Waals surface area contributed by atoms with E-state index >= 15 is 0 Å². The first-order valence-electron chi connectivity index (χ1n) is 8.34. The van der Waals surface area contributed by atoms with E-state index in [1.807, 2.05) is 18.2 Å². The molecule has 5 nitrogen and oxygen atoms in total. The molecule has 0 bridgehead atoms. The molecule has 0 aliphatic heterocycles. The molecule has 0 atom stereocenters. The van der Waals surface area contributed by atoms with Crippen LogP contribution in [0.25, 0.3) is 0 Å². The van der Waals surface area contributed by atoms with Gasteiger partial charge < -0.3 is 10.1 Å². The van der Waals surface area contributed by atoms with Gasteiger partial charge in [0, 0.05) is 11.1 Å². The molecule has 0 saturated carbocycles. The third-order valence-electron chi connectivity index (χ3n) is 3.89. The lowest BCUT2D eigenvalue weighted by Gasteiger charge is -2.12. The second kappa shape index (κ2) is 8.49. The Labute approximate surface area is 155 Å². The Bertz CT molecular complexity index is 759. The number of carbonyl (C=O) groups excluding carboxylic acids is 2. The van der Waals surface area contributed by atoms with Crippen molar-refractivity contribution >= 4 is 40.0 Å². The molecule has 0 radical (unpaired) electrons. The van der Waals surface area contributed by atoms with Gasteiger partial charge in [-0.25, -0.2) is 9.78 Å². The Morgan fingerprint density at radius 2 is 2.16 bits per heavy atom. The number of pyridine rings is 1. The Morgan fingerprint density at radius 1 is 1.32 bits per heavy atom. The summed E-state index contributed by atoms with van der Waals surface area (Å²) in [6, 6.07) is 5.59. The monoisotopic (exact) mass is 376 g/mol. The Hall–Kier alpha value is -1.86. The summed E-state index contributed by atoms with van der Waals surface area (Å²) >= 11 is 2.88. The lowest BCUT2D eigenvalue weighted by molar-refractivity contribution is -0.113. The lowest BCUT2D eigenvalue weighted by atomic mass is 9.95. The first-order chi connectivity index (χ1) is 12.2. The molecule has 1 N–H and O–H groups in total. The van der Waals surface area contributed by atoms with Gasteiger partial charge in [0.1, 0.15) is 5.00 Å². The van der Waals surface area contributed by atoms with Gasteiger partial charge in [-0.3, -0.25) is 4.79 Å². The summed E-state index contributed by atoms with van der Waals surface area (Å²) < 4.78 is 5.21. The van der Waals surface area contributed by atoms with Crippen LogP contribution < -0.4 is 5.32 Å². The Balaban J connectivity index is 1.73. The van der Waals surface area contributed by atoms with Gasteiger partial charge in [-0.15, -0.1) is 11.3 Å². The molecule has 1 aliphatic rings. The molecule has 0 saturated heterocycles. The van der Waals surface area contributed by atoms with Gasteiger partial charge in [0.25, 0.3) is 0 Å². The van der Waals surface area contributed by atoms with E-state index in [0.717, 1.165) is 36.3 Å². The normalized spacial score (nSPS) is 13.2. The minimum absolute atomic E-state index is 0.139. The average Bonchev–Trinajstić information content (AvgIpc) is 2.99. The van der Waals surface area contributed by atoms with Crippen LogP contribution in [0.4, 0.5) is 5.00 Å². The number of nitrogens with zero attached hydrogens (tertiary/aromatic N) is 1. The van der Waals surface area contributed by atoms with Crippen molar-refractivity contribution in [1.29, 1.82) is 0 Å². The molecular weight excluding hydrogens is 356 g/mol. The van der Waals surface area contributed by atoms with E-state index in [2.05, 4.69) is 10.3 Å². The first kappa shape index (κ1) is 17.9. The van der Waals surface area contributed by atoms with E-state index in [4.69, 9.17) is 4.74 Å². The quantitative estimate of drug-likeness (QED) is 0.611. The summed E-state index contributed by atoms with van der Waals surface area (Å²) in [6.45, 7) is 2.12. The second-order valence-corrected chi connectivity index (χ2v) is 7.74. The molecule has 1 aliphatic carbocycles. The Morgan fingerprint density at radius 3 is 2.92 bits per heavy atom. The molecule has 2 aromatic heterocycles. The fourth-order valence-electron chi connectivity index (χ4n) is 2.81. The van der Waals surface area contributed by atoms with E-state index in [-0.39, 0.29) is 17.6 Å². The number of amides is 1. The van der Waals surface area contributed by atoms with E-state index in [1.54, 1.807) is 13.1 Å². The topological polar surface area (TPSA) is 68.3 Å². The number of hydrogen-bond acceptors (Lipinski definition) is 6. The Kier molecular flexibility index (Phi) is 6.09. The maximum Gasteiger partial charge on any atom is 0.341 e. The number of anilines is 1. The standard InChI is InChI=1S/C18H20N2O3S2/c1-2-23-18(22)16-12-7-3-4-8-13(12)25-17(16)20-14(21)11-24-15-9-5-6-10-19-15/h5-6,9-10H,2-4,7-8,11H2,1H3,(H,20,21). The van der Waals surface area contributed by atoms with Gasteiger partial charge in [0.2, 0.25) is 5.91 Å². The van der Waals surface area contributed by atoms with Crippen LogP contribution in [0.5, 0.6) is 0 Å². The molecule has 0 spiro atoms. The molecular formula is C18H20N2O3S2. The van der Waals surface area contributed by atoms with E-state index in [1.165, 1.54) is 28.0 Å². The van der Waals surface area contributed by atoms with E-state index in [9.17, 15) is 9.59 Å². The molecule has 2 aromatic rings. The molecule has 0 fully saturated rings. The third kappa shape index (κ3) is 4.41. The molecule has 1 amide bonds. The number of thiophene rings is 1. The summed E-state index contributed by atoms with van der Waals surface area (Å²) in [6.07, 6.45) is 5.73. The molecule has 2 heterocycles. The minimum atomic E-state index is -0.338. The van der Waals surface area contributed by atoms with Gasteiger partial charge >= 0.3 is 5.97 Å². The highest BCUT2D eigenvalue weighted by Gasteiger charge is 2.27. The molecule has 7 heteroatoms. The minimum Gasteiger partial charge on any atom is -0.462 e. The van der Waals surface area contributed by atoms with Crippen LogP contribution in [0.3, 0.4) is 0 Å². The van der Waals surface area contributed by atoms with Gasteiger partial charge in [0.15, 0.2) is 0 Å². The highest BCUT2D eigenvalue weighted by atomic mass is 32.2. The summed E-state index contributed by atoms with van der Waals surface area (Å²) in [4.78, 5) is 30.1. The van der Waals surface area contributed by atoms with Crippen molar-refractivity contribution in [2.75, 3.05) is 17.7 Å². The van der Waals surface area contributed by atoms with Crippen molar-refractivity contribution in [3.05, 3.63) is 40.4 Å². The predicted molar refractivity (Wildman–Crippen MR) is 101 cm³/mol. The van der Waals surface area contributed by atoms with Crippen molar-refractivity contribution in [1.82, 2.24) is 4.98 Å². The highest BCUT2D eigenvalue weighted by molar-refractivity contribution is 7.99. The van der Waals surface area contributed by atoms with Crippen molar-refractivity contribution in [3.63, 3.8) is 0 Å². The summed E-state index contributed by atoms with van der Waals surface area (Å²) in [5.41, 5.74) is 1.61. The number of fused-ring (bicyclic) bond motifs is 1. The van der Waals surface area contributed by atoms with Crippen LogP contribution in [0.2, 0.25) is 0 Å². The second-order valence-electron chi connectivity index (χ2n) is 5.64. The molecule has 0 unspecified atom stereocenters. The smallest absolute Gasteiger partial charge is 0.341 e. The van der Waals surface area contributed by atoms with Crippen LogP contribution in [0, 0.1) is 0 Å². The number of hydrogen-bond donors (Lipinski definition) is 1. The maximum atomic E-state index is 12.4. The maximum absolute atomic E-state index is 12.4.